The number of urea groups is 1. The summed E-state index contributed by atoms with van der Waals surface area (Å²) in [6, 6.07) is -0.974. The number of methoxy groups -OCH3 is 1. The van der Waals surface area contributed by atoms with Crippen LogP contribution in [0.4, 0.5) is 4.79 Å². The van der Waals surface area contributed by atoms with E-state index < -0.39 is 6.04 Å². The molecule has 6 heteroatoms. The molecule has 2 atom stereocenters. The van der Waals surface area contributed by atoms with Crippen LogP contribution >= 0.6 is 0 Å². The van der Waals surface area contributed by atoms with Crippen LogP contribution in [0.1, 0.15) is 27.7 Å². The maximum Gasteiger partial charge on any atom is 0.315 e. The summed E-state index contributed by atoms with van der Waals surface area (Å²) in [4.78, 5) is 25.2. The number of amides is 3. The molecule has 0 aromatic heterocycles. The molecule has 0 aromatic carbocycles. The fourth-order valence-electron chi connectivity index (χ4n) is 1.62. The lowest BCUT2D eigenvalue weighted by Gasteiger charge is -2.24. The number of hydrogen-bond donors (Lipinski definition) is 2. The molecule has 0 aromatic rings. The molecule has 106 valence electrons. The minimum Gasteiger partial charge on any atom is -0.383 e. The van der Waals surface area contributed by atoms with Crippen LogP contribution < -0.4 is 10.6 Å². The Labute approximate surface area is 109 Å². The van der Waals surface area contributed by atoms with Gasteiger partial charge in [0.2, 0.25) is 5.91 Å². The second-order valence-corrected chi connectivity index (χ2v) is 4.21. The zero-order valence-corrected chi connectivity index (χ0v) is 11.9. The van der Waals surface area contributed by atoms with Crippen molar-refractivity contribution in [3.63, 3.8) is 0 Å². The third kappa shape index (κ3) is 5.86. The number of hydrogen-bond acceptors (Lipinski definition) is 3. The maximum atomic E-state index is 11.9. The van der Waals surface area contributed by atoms with Crippen LogP contribution in [0.25, 0.3) is 0 Å². The van der Waals surface area contributed by atoms with Gasteiger partial charge in [-0.1, -0.05) is 0 Å². The van der Waals surface area contributed by atoms with Crippen molar-refractivity contribution in [2.45, 2.75) is 39.8 Å². The van der Waals surface area contributed by atoms with E-state index in [1.54, 1.807) is 18.9 Å². The van der Waals surface area contributed by atoms with Crippen molar-refractivity contribution in [3.8, 4) is 0 Å². The summed E-state index contributed by atoms with van der Waals surface area (Å²) < 4.78 is 4.91. The summed E-state index contributed by atoms with van der Waals surface area (Å²) in [6.07, 6.45) is 0. The Bertz CT molecular complexity index is 267. The number of nitrogens with zero attached hydrogens (tertiary/aromatic N) is 1. The fraction of sp³-hybridized carbons (Fsp3) is 0.833. The van der Waals surface area contributed by atoms with Gasteiger partial charge in [0.1, 0.15) is 6.04 Å². The first kappa shape index (κ1) is 16.7. The van der Waals surface area contributed by atoms with E-state index in [0.29, 0.717) is 19.7 Å². The van der Waals surface area contributed by atoms with E-state index >= 15 is 0 Å². The van der Waals surface area contributed by atoms with Gasteiger partial charge in [-0.3, -0.25) is 4.79 Å². The summed E-state index contributed by atoms with van der Waals surface area (Å²) in [5.41, 5.74) is 0. The van der Waals surface area contributed by atoms with Crippen molar-refractivity contribution in [3.05, 3.63) is 0 Å². The molecule has 0 spiro atoms. The fourth-order valence-corrected chi connectivity index (χ4v) is 1.62. The summed E-state index contributed by atoms with van der Waals surface area (Å²) in [5.74, 6) is -0.0745. The number of carbonyl (C=O) groups is 2. The van der Waals surface area contributed by atoms with Crippen LogP contribution in [-0.2, 0) is 9.53 Å². The van der Waals surface area contributed by atoms with Crippen molar-refractivity contribution in [1.82, 2.24) is 15.5 Å². The van der Waals surface area contributed by atoms with Crippen LogP contribution in [0, 0.1) is 0 Å². The minimum absolute atomic E-state index is 0.0745. The third-order valence-electron chi connectivity index (χ3n) is 2.59. The summed E-state index contributed by atoms with van der Waals surface area (Å²) in [6.45, 7) is 9.06. The normalized spacial score (nSPS) is 13.6. The molecule has 0 fully saturated rings. The van der Waals surface area contributed by atoms with Gasteiger partial charge in [0, 0.05) is 20.2 Å². The highest BCUT2D eigenvalue weighted by Gasteiger charge is 2.20. The zero-order valence-electron chi connectivity index (χ0n) is 11.9. The van der Waals surface area contributed by atoms with Crippen LogP contribution in [0.5, 0.6) is 0 Å². The average molecular weight is 259 g/mol. The molecule has 0 radical (unpaired) electrons. The lowest BCUT2D eigenvalue weighted by molar-refractivity contribution is -0.132. The van der Waals surface area contributed by atoms with Gasteiger partial charge in [0.05, 0.1) is 12.6 Å². The lowest BCUT2D eigenvalue weighted by atomic mass is 10.3. The zero-order chi connectivity index (χ0) is 14.1. The van der Waals surface area contributed by atoms with E-state index in [2.05, 4.69) is 10.6 Å². The summed E-state index contributed by atoms with van der Waals surface area (Å²) in [5, 5.41) is 5.32. The van der Waals surface area contributed by atoms with Crippen LogP contribution in [-0.4, -0.2) is 55.7 Å². The number of nitrogens with one attached hydrogen (secondary N) is 2. The standard InChI is InChI=1S/C12H25N3O3/c1-6-15(7-2)11(16)10(4)14-12(17)13-9(3)8-18-5/h9-10H,6-8H2,1-5H3,(H2,13,14,17)/t9-,10-/m1/s1. The van der Waals surface area contributed by atoms with E-state index in [1.807, 2.05) is 20.8 Å². The molecule has 0 aliphatic carbocycles. The maximum absolute atomic E-state index is 11.9. The molecule has 18 heavy (non-hydrogen) atoms. The van der Waals surface area contributed by atoms with Crippen LogP contribution in [0.15, 0.2) is 0 Å². The van der Waals surface area contributed by atoms with Gasteiger partial charge in [0.15, 0.2) is 0 Å². The molecular weight excluding hydrogens is 234 g/mol. The van der Waals surface area contributed by atoms with Gasteiger partial charge in [-0.05, 0) is 27.7 Å². The molecule has 6 nitrogen and oxygen atoms in total. The number of rotatable bonds is 7. The molecular formula is C12H25N3O3. The molecule has 0 saturated heterocycles. The predicted molar refractivity (Wildman–Crippen MR) is 70.4 cm³/mol. The van der Waals surface area contributed by atoms with Gasteiger partial charge >= 0.3 is 6.03 Å². The summed E-state index contributed by atoms with van der Waals surface area (Å²) >= 11 is 0. The van der Waals surface area contributed by atoms with E-state index in [0.717, 1.165) is 0 Å². The second kappa shape index (κ2) is 8.74. The number of carbonyl (C=O) groups excluding carboxylic acids is 2. The first-order valence-corrected chi connectivity index (χ1v) is 6.30. The number of likely N-dealkylation sites (N-methyl/N-ethyl adjacent to an activating group) is 1. The van der Waals surface area contributed by atoms with E-state index in [4.69, 9.17) is 4.74 Å². The van der Waals surface area contributed by atoms with Gasteiger partial charge in [-0.15, -0.1) is 0 Å². The minimum atomic E-state index is -0.528. The van der Waals surface area contributed by atoms with Gasteiger partial charge in [-0.25, -0.2) is 4.79 Å². The summed E-state index contributed by atoms with van der Waals surface area (Å²) in [7, 11) is 1.57. The molecule has 0 aliphatic rings. The lowest BCUT2D eigenvalue weighted by Crippen LogP contribution is -2.51. The van der Waals surface area contributed by atoms with Crippen molar-refractivity contribution >= 4 is 11.9 Å². The molecule has 0 saturated carbocycles. The van der Waals surface area contributed by atoms with Crippen LogP contribution in [0.2, 0.25) is 0 Å². The average Bonchev–Trinajstić information content (AvgIpc) is 2.30. The molecule has 0 aliphatic heterocycles. The SMILES string of the molecule is CCN(CC)C(=O)[C@@H](C)NC(=O)N[C@H](C)COC. The molecule has 0 bridgehead atoms. The van der Waals surface area contributed by atoms with E-state index in [9.17, 15) is 9.59 Å². The second-order valence-electron chi connectivity index (χ2n) is 4.21. The molecule has 0 unspecified atom stereocenters. The Morgan fingerprint density at radius 3 is 2.17 bits per heavy atom. The highest BCUT2D eigenvalue weighted by Crippen LogP contribution is 1.95. The van der Waals surface area contributed by atoms with Crippen LogP contribution in [0.3, 0.4) is 0 Å². The molecule has 0 rings (SSSR count). The quantitative estimate of drug-likeness (QED) is 0.702. The van der Waals surface area contributed by atoms with Crippen molar-refractivity contribution in [2.24, 2.45) is 0 Å². The monoisotopic (exact) mass is 259 g/mol. The van der Waals surface area contributed by atoms with Crippen molar-refractivity contribution < 1.29 is 14.3 Å². The Morgan fingerprint density at radius 1 is 1.17 bits per heavy atom. The van der Waals surface area contributed by atoms with Gasteiger partial charge in [0.25, 0.3) is 0 Å². The Kier molecular flexibility index (Phi) is 8.11. The van der Waals surface area contributed by atoms with Crippen molar-refractivity contribution in [2.75, 3.05) is 26.8 Å². The predicted octanol–water partition coefficient (Wildman–Crippen LogP) is 0.577. The number of ether oxygens (including phenoxy) is 1. The molecule has 2 N–H and O–H groups in total. The highest BCUT2D eigenvalue weighted by atomic mass is 16.5. The molecule has 0 heterocycles. The first-order chi connectivity index (χ1) is 8.46. The van der Waals surface area contributed by atoms with E-state index in [-0.39, 0.29) is 18.0 Å². The first-order valence-electron chi connectivity index (χ1n) is 6.30. The largest absolute Gasteiger partial charge is 0.383 e. The molecule has 3 amide bonds. The van der Waals surface area contributed by atoms with Gasteiger partial charge < -0.3 is 20.3 Å². The topological polar surface area (TPSA) is 70.7 Å². The Balaban J connectivity index is 4.18. The highest BCUT2D eigenvalue weighted by molar-refractivity contribution is 5.86. The van der Waals surface area contributed by atoms with Gasteiger partial charge in [-0.2, -0.15) is 0 Å². The van der Waals surface area contributed by atoms with Crippen molar-refractivity contribution in [1.29, 1.82) is 0 Å². The Morgan fingerprint density at radius 2 is 1.72 bits per heavy atom. The smallest absolute Gasteiger partial charge is 0.315 e. The Hall–Kier alpha value is -1.30. The van der Waals surface area contributed by atoms with E-state index in [1.165, 1.54) is 0 Å². The third-order valence-corrected chi connectivity index (χ3v) is 2.59.